The highest BCUT2D eigenvalue weighted by atomic mass is 16.5. The van der Waals surface area contributed by atoms with E-state index in [9.17, 15) is 4.79 Å². The van der Waals surface area contributed by atoms with E-state index in [2.05, 4.69) is 4.90 Å². The van der Waals surface area contributed by atoms with Crippen LogP contribution in [0.5, 0.6) is 11.5 Å². The molecule has 0 saturated heterocycles. The van der Waals surface area contributed by atoms with Crippen molar-refractivity contribution in [1.29, 1.82) is 0 Å². The molecule has 0 amide bonds. The van der Waals surface area contributed by atoms with Gasteiger partial charge in [-0.05, 0) is 55.9 Å². The second-order valence-corrected chi connectivity index (χ2v) is 5.95. The summed E-state index contributed by atoms with van der Waals surface area (Å²) in [5.74, 6) is 1.52. The number of carbonyl (C=O) groups is 1. The minimum Gasteiger partial charge on any atom is -0.496 e. The third-order valence-corrected chi connectivity index (χ3v) is 3.80. The molecule has 0 unspecified atom stereocenters. The number of methoxy groups -OCH3 is 1. The maximum atomic E-state index is 11.2. The molecule has 4 heteroatoms. The van der Waals surface area contributed by atoms with Crippen molar-refractivity contribution in [2.75, 3.05) is 34.4 Å². The summed E-state index contributed by atoms with van der Waals surface area (Å²) in [6.45, 7) is 1.64. The van der Waals surface area contributed by atoms with Crippen molar-refractivity contribution >= 4 is 11.9 Å². The number of hydrogen-bond acceptors (Lipinski definition) is 4. The van der Waals surface area contributed by atoms with Crippen LogP contribution in [0.15, 0.2) is 54.6 Å². The van der Waals surface area contributed by atoms with Crippen LogP contribution in [0, 0.1) is 0 Å². The van der Waals surface area contributed by atoms with Gasteiger partial charge in [0.15, 0.2) is 0 Å². The zero-order valence-corrected chi connectivity index (χ0v) is 15.1. The molecule has 2 rings (SSSR count). The lowest BCUT2D eigenvalue weighted by molar-refractivity contribution is -0.104. The van der Waals surface area contributed by atoms with E-state index in [1.807, 2.05) is 62.6 Å². The number of benzene rings is 2. The molecule has 0 aliphatic rings. The number of rotatable bonds is 9. The highest BCUT2D eigenvalue weighted by Crippen LogP contribution is 2.32. The fraction of sp³-hybridized carbons (Fsp3) is 0.286. The van der Waals surface area contributed by atoms with Crippen molar-refractivity contribution in [2.45, 2.75) is 6.42 Å². The van der Waals surface area contributed by atoms with E-state index >= 15 is 0 Å². The van der Waals surface area contributed by atoms with Crippen LogP contribution in [0.4, 0.5) is 0 Å². The van der Waals surface area contributed by atoms with Crippen LogP contribution in [-0.2, 0) is 4.79 Å². The molecule has 0 fully saturated rings. The Morgan fingerprint density at radius 3 is 2.64 bits per heavy atom. The van der Waals surface area contributed by atoms with E-state index in [1.165, 1.54) is 0 Å². The molecule has 2 aromatic rings. The van der Waals surface area contributed by atoms with Gasteiger partial charge in [0.2, 0.25) is 0 Å². The molecule has 0 bridgehead atoms. The lowest BCUT2D eigenvalue weighted by Gasteiger charge is -2.14. The molecule has 2 aromatic carbocycles. The van der Waals surface area contributed by atoms with Crippen molar-refractivity contribution in [3.05, 3.63) is 65.7 Å². The number of para-hydroxylation sites is 1. The predicted octanol–water partition coefficient (Wildman–Crippen LogP) is 3.66. The molecule has 0 heterocycles. The Bertz CT molecular complexity index is 723. The van der Waals surface area contributed by atoms with Crippen LogP contribution < -0.4 is 9.47 Å². The topological polar surface area (TPSA) is 38.8 Å². The summed E-state index contributed by atoms with van der Waals surface area (Å²) in [5, 5.41) is 0. The monoisotopic (exact) mass is 339 g/mol. The maximum absolute atomic E-state index is 11.2. The second kappa shape index (κ2) is 9.64. The minimum absolute atomic E-state index is 0.656. The summed E-state index contributed by atoms with van der Waals surface area (Å²) < 4.78 is 11.3. The Morgan fingerprint density at radius 2 is 1.92 bits per heavy atom. The summed E-state index contributed by atoms with van der Waals surface area (Å²) in [4.78, 5) is 13.3. The smallest absolute Gasteiger partial charge is 0.143 e. The molecule has 132 valence electrons. The van der Waals surface area contributed by atoms with Gasteiger partial charge in [-0.2, -0.15) is 0 Å². The molecular weight excluding hydrogens is 314 g/mol. The van der Waals surface area contributed by atoms with Gasteiger partial charge in [-0.1, -0.05) is 30.3 Å². The first kappa shape index (κ1) is 18.7. The summed E-state index contributed by atoms with van der Waals surface area (Å²) in [5.41, 5.74) is 2.61. The summed E-state index contributed by atoms with van der Waals surface area (Å²) >= 11 is 0. The fourth-order valence-electron chi connectivity index (χ4n) is 2.60. The number of carbonyl (C=O) groups excluding carboxylic acids is 1. The van der Waals surface area contributed by atoms with Crippen LogP contribution in [0.1, 0.15) is 17.5 Å². The van der Waals surface area contributed by atoms with Gasteiger partial charge in [0, 0.05) is 12.1 Å². The van der Waals surface area contributed by atoms with Gasteiger partial charge >= 0.3 is 0 Å². The lowest BCUT2D eigenvalue weighted by Crippen LogP contribution is -2.15. The Balaban J connectivity index is 2.23. The van der Waals surface area contributed by atoms with Crippen LogP contribution in [-0.4, -0.2) is 45.5 Å². The molecule has 0 aliphatic carbocycles. The molecular formula is C21H25NO3. The van der Waals surface area contributed by atoms with E-state index in [0.717, 1.165) is 47.5 Å². The Hall–Kier alpha value is -2.59. The van der Waals surface area contributed by atoms with Crippen LogP contribution in [0.3, 0.4) is 0 Å². The normalized spacial score (nSPS) is 11.4. The van der Waals surface area contributed by atoms with Gasteiger partial charge in [0.25, 0.3) is 0 Å². The average molecular weight is 339 g/mol. The van der Waals surface area contributed by atoms with E-state index in [4.69, 9.17) is 9.47 Å². The summed E-state index contributed by atoms with van der Waals surface area (Å²) in [7, 11) is 5.72. The van der Waals surface area contributed by atoms with Crippen molar-refractivity contribution in [1.82, 2.24) is 4.90 Å². The third-order valence-electron chi connectivity index (χ3n) is 3.80. The van der Waals surface area contributed by atoms with E-state index < -0.39 is 0 Å². The van der Waals surface area contributed by atoms with Gasteiger partial charge in [0.1, 0.15) is 17.8 Å². The van der Waals surface area contributed by atoms with Crippen LogP contribution >= 0.6 is 0 Å². The van der Waals surface area contributed by atoms with Gasteiger partial charge in [-0.3, -0.25) is 4.79 Å². The number of nitrogens with zero attached hydrogens (tertiary/aromatic N) is 1. The molecule has 0 radical (unpaired) electrons. The van der Waals surface area contributed by atoms with E-state index in [1.54, 1.807) is 13.2 Å². The van der Waals surface area contributed by atoms with Gasteiger partial charge in [-0.25, -0.2) is 0 Å². The molecule has 0 spiro atoms. The van der Waals surface area contributed by atoms with Crippen molar-refractivity contribution in [2.24, 2.45) is 0 Å². The number of aldehydes is 1. The SMILES string of the molecule is COc1ccccc1C(=CC=O)c1cccc(OCCCN(C)C)c1. The van der Waals surface area contributed by atoms with Crippen molar-refractivity contribution < 1.29 is 14.3 Å². The quantitative estimate of drug-likeness (QED) is 0.397. The first-order valence-corrected chi connectivity index (χ1v) is 8.32. The van der Waals surface area contributed by atoms with E-state index in [-0.39, 0.29) is 0 Å². The number of allylic oxidation sites excluding steroid dienone is 1. The van der Waals surface area contributed by atoms with Crippen molar-refractivity contribution in [3.63, 3.8) is 0 Å². The zero-order valence-electron chi connectivity index (χ0n) is 15.1. The van der Waals surface area contributed by atoms with Crippen LogP contribution in [0.2, 0.25) is 0 Å². The molecule has 0 atom stereocenters. The highest BCUT2D eigenvalue weighted by Gasteiger charge is 2.11. The third kappa shape index (κ3) is 5.47. The highest BCUT2D eigenvalue weighted by molar-refractivity contribution is 5.91. The van der Waals surface area contributed by atoms with Gasteiger partial charge < -0.3 is 14.4 Å². The zero-order chi connectivity index (χ0) is 18.1. The fourth-order valence-corrected chi connectivity index (χ4v) is 2.60. The molecule has 4 nitrogen and oxygen atoms in total. The molecule has 0 aliphatic heterocycles. The van der Waals surface area contributed by atoms with Crippen LogP contribution in [0.25, 0.3) is 5.57 Å². The predicted molar refractivity (Wildman–Crippen MR) is 101 cm³/mol. The summed E-state index contributed by atoms with van der Waals surface area (Å²) in [6.07, 6.45) is 3.32. The average Bonchev–Trinajstić information content (AvgIpc) is 2.63. The first-order chi connectivity index (χ1) is 12.2. The molecule has 0 N–H and O–H groups in total. The van der Waals surface area contributed by atoms with Gasteiger partial charge in [-0.15, -0.1) is 0 Å². The van der Waals surface area contributed by atoms with Gasteiger partial charge in [0.05, 0.1) is 13.7 Å². The molecule has 0 saturated carbocycles. The maximum Gasteiger partial charge on any atom is 0.143 e. The second-order valence-electron chi connectivity index (χ2n) is 5.95. The Labute approximate surface area is 149 Å². The first-order valence-electron chi connectivity index (χ1n) is 8.32. The number of ether oxygens (including phenoxy) is 2. The Morgan fingerprint density at radius 1 is 1.12 bits per heavy atom. The lowest BCUT2D eigenvalue weighted by atomic mass is 9.96. The summed E-state index contributed by atoms with van der Waals surface area (Å²) in [6, 6.07) is 15.5. The Kier molecular flexibility index (Phi) is 7.23. The van der Waals surface area contributed by atoms with Crippen molar-refractivity contribution in [3.8, 4) is 11.5 Å². The minimum atomic E-state index is 0.656. The van der Waals surface area contributed by atoms with E-state index in [0.29, 0.717) is 6.61 Å². The molecule has 0 aromatic heterocycles. The number of hydrogen-bond donors (Lipinski definition) is 0. The largest absolute Gasteiger partial charge is 0.496 e. The standard InChI is InChI=1S/C21H25NO3/c1-22(2)13-7-15-25-18-9-6-8-17(16-18)19(12-14-23)20-10-4-5-11-21(20)24-3/h4-6,8-12,14,16H,7,13,15H2,1-3H3. The molecule has 25 heavy (non-hydrogen) atoms.